The first-order valence-electron chi connectivity index (χ1n) is 5.13. The van der Waals surface area contributed by atoms with Crippen molar-refractivity contribution < 1.29 is 4.79 Å². The minimum absolute atomic E-state index is 0.490. The van der Waals surface area contributed by atoms with Crippen LogP contribution >= 0.6 is 0 Å². The Morgan fingerprint density at radius 2 is 1.93 bits per heavy atom. The number of carbonyl (C=O) groups excluding carboxylic acids is 1. The molecule has 78 valence electrons. The molecule has 2 nitrogen and oxygen atoms in total. The van der Waals surface area contributed by atoms with Gasteiger partial charge in [-0.3, -0.25) is 0 Å². The highest BCUT2D eigenvalue weighted by molar-refractivity contribution is 5.87. The first kappa shape index (κ1) is 9.97. The third-order valence-corrected chi connectivity index (χ3v) is 3.01. The van der Waals surface area contributed by atoms with Crippen LogP contribution in [0.25, 0.3) is 10.9 Å². The van der Waals surface area contributed by atoms with Crippen LogP contribution < -0.4 is 0 Å². The molecular formula is C13H15NO. The summed E-state index contributed by atoms with van der Waals surface area (Å²) >= 11 is 0. The molecule has 0 aliphatic rings. The molecular weight excluding hydrogens is 186 g/mol. The second-order valence-electron chi connectivity index (χ2n) is 4.03. The molecule has 1 aromatic heterocycles. The molecule has 0 spiro atoms. The van der Waals surface area contributed by atoms with Gasteiger partial charge in [0.05, 0.1) is 5.52 Å². The van der Waals surface area contributed by atoms with Crippen molar-refractivity contribution in [2.45, 2.75) is 20.3 Å². The minimum Gasteiger partial charge on any atom is -0.347 e. The van der Waals surface area contributed by atoms with Gasteiger partial charge in [0.15, 0.2) is 0 Å². The van der Waals surface area contributed by atoms with Crippen LogP contribution in [0, 0.1) is 13.8 Å². The molecule has 0 radical (unpaired) electrons. The van der Waals surface area contributed by atoms with Crippen molar-refractivity contribution in [1.29, 1.82) is 0 Å². The van der Waals surface area contributed by atoms with Crippen LogP contribution in [0.1, 0.15) is 16.8 Å². The zero-order chi connectivity index (χ0) is 11.0. The van der Waals surface area contributed by atoms with E-state index in [-0.39, 0.29) is 0 Å². The van der Waals surface area contributed by atoms with Gasteiger partial charge in [-0.2, -0.15) is 0 Å². The topological polar surface area (TPSA) is 22.0 Å². The van der Waals surface area contributed by atoms with Crippen LogP contribution in [0.4, 0.5) is 0 Å². The molecule has 15 heavy (non-hydrogen) atoms. The zero-order valence-corrected chi connectivity index (χ0v) is 9.37. The van der Waals surface area contributed by atoms with E-state index in [1.807, 2.05) is 7.05 Å². The maximum atomic E-state index is 10.6. The number of nitrogens with zero attached hydrogens (tertiary/aromatic N) is 1. The summed E-state index contributed by atoms with van der Waals surface area (Å²) in [6.45, 7) is 4.21. The number of fused-ring (bicyclic) bond motifs is 1. The van der Waals surface area contributed by atoms with Gasteiger partial charge < -0.3 is 9.36 Å². The van der Waals surface area contributed by atoms with Gasteiger partial charge in [0, 0.05) is 24.5 Å². The molecule has 1 aromatic carbocycles. The fraction of sp³-hybridized carbons (Fsp3) is 0.308. The minimum atomic E-state index is 0.490. The Morgan fingerprint density at radius 1 is 1.27 bits per heavy atom. The summed E-state index contributed by atoms with van der Waals surface area (Å²) in [5, 5.41) is 1.26. The summed E-state index contributed by atoms with van der Waals surface area (Å²) in [5.41, 5.74) is 4.85. The highest BCUT2D eigenvalue weighted by Gasteiger charge is 2.08. The van der Waals surface area contributed by atoms with Crippen molar-refractivity contribution in [3.63, 3.8) is 0 Å². The van der Waals surface area contributed by atoms with Gasteiger partial charge in [0.2, 0.25) is 0 Å². The Kier molecular flexibility index (Phi) is 2.35. The summed E-state index contributed by atoms with van der Waals surface area (Å²) in [7, 11) is 2.02. The Bertz CT molecular complexity index is 523. The normalized spacial score (nSPS) is 10.9. The monoisotopic (exact) mass is 201 g/mol. The number of rotatable bonds is 2. The molecule has 0 atom stereocenters. The molecule has 2 aromatic rings. The second kappa shape index (κ2) is 3.54. The number of aldehydes is 1. The molecule has 0 N–H and O–H groups in total. The fourth-order valence-electron chi connectivity index (χ4n) is 2.13. The smallest absolute Gasteiger partial charge is 0.125 e. The van der Waals surface area contributed by atoms with E-state index in [9.17, 15) is 4.79 Å². The first-order valence-corrected chi connectivity index (χ1v) is 5.13. The van der Waals surface area contributed by atoms with E-state index in [0.717, 1.165) is 12.0 Å². The SMILES string of the molecule is Cc1ccc(C)c2c1cc(CC=O)n2C. The lowest BCUT2D eigenvalue weighted by Crippen LogP contribution is -1.97. The van der Waals surface area contributed by atoms with E-state index in [0.29, 0.717) is 6.42 Å². The third kappa shape index (κ3) is 1.46. The fourth-order valence-corrected chi connectivity index (χ4v) is 2.13. The average Bonchev–Trinajstić information content (AvgIpc) is 2.53. The number of carbonyl (C=O) groups is 1. The van der Waals surface area contributed by atoms with Gasteiger partial charge in [-0.15, -0.1) is 0 Å². The van der Waals surface area contributed by atoms with Crippen molar-refractivity contribution in [3.8, 4) is 0 Å². The van der Waals surface area contributed by atoms with Crippen molar-refractivity contribution >= 4 is 17.2 Å². The quantitative estimate of drug-likeness (QED) is 0.684. The Balaban J connectivity index is 2.80. The van der Waals surface area contributed by atoms with Crippen LogP contribution in [0.5, 0.6) is 0 Å². The van der Waals surface area contributed by atoms with E-state index < -0.39 is 0 Å². The average molecular weight is 201 g/mol. The van der Waals surface area contributed by atoms with Gasteiger partial charge in [0.1, 0.15) is 6.29 Å². The van der Waals surface area contributed by atoms with Crippen molar-refractivity contribution in [1.82, 2.24) is 4.57 Å². The van der Waals surface area contributed by atoms with E-state index in [1.54, 1.807) is 0 Å². The molecule has 0 unspecified atom stereocenters. The number of hydrogen-bond acceptors (Lipinski definition) is 1. The number of hydrogen-bond donors (Lipinski definition) is 0. The molecule has 0 saturated carbocycles. The summed E-state index contributed by atoms with van der Waals surface area (Å²) in [4.78, 5) is 10.6. The molecule has 0 fully saturated rings. The van der Waals surface area contributed by atoms with Crippen LogP contribution in [0.3, 0.4) is 0 Å². The lowest BCUT2D eigenvalue weighted by Gasteiger charge is -2.04. The van der Waals surface area contributed by atoms with Crippen LogP contribution in [-0.4, -0.2) is 10.9 Å². The number of aryl methyl sites for hydroxylation is 3. The third-order valence-electron chi connectivity index (χ3n) is 3.01. The molecule has 0 saturated heterocycles. The van der Waals surface area contributed by atoms with Crippen molar-refractivity contribution in [3.05, 3.63) is 35.0 Å². The van der Waals surface area contributed by atoms with E-state index >= 15 is 0 Å². The number of aromatic nitrogens is 1. The highest BCUT2D eigenvalue weighted by atomic mass is 16.1. The maximum Gasteiger partial charge on any atom is 0.125 e. The van der Waals surface area contributed by atoms with Crippen molar-refractivity contribution in [2.75, 3.05) is 0 Å². The van der Waals surface area contributed by atoms with Crippen LogP contribution in [-0.2, 0) is 18.3 Å². The van der Waals surface area contributed by atoms with E-state index in [4.69, 9.17) is 0 Å². The standard InChI is InChI=1S/C13H15NO/c1-9-4-5-10(2)13-12(9)8-11(6-7-15)14(13)3/h4-5,7-8H,6H2,1-3H3. The van der Waals surface area contributed by atoms with Crippen LogP contribution in [0.2, 0.25) is 0 Å². The zero-order valence-electron chi connectivity index (χ0n) is 9.37. The molecule has 2 rings (SSSR count). The van der Waals surface area contributed by atoms with Gasteiger partial charge in [-0.05, 0) is 31.0 Å². The molecule has 2 heteroatoms. The Hall–Kier alpha value is -1.57. The predicted octanol–water partition coefficient (Wildman–Crippen LogP) is 2.54. The second-order valence-corrected chi connectivity index (χ2v) is 4.03. The lowest BCUT2D eigenvalue weighted by atomic mass is 10.1. The Labute approximate surface area is 89.5 Å². The molecule has 0 aliphatic carbocycles. The number of benzene rings is 1. The lowest BCUT2D eigenvalue weighted by molar-refractivity contribution is -0.107. The largest absolute Gasteiger partial charge is 0.347 e. The molecule has 0 bridgehead atoms. The molecule has 0 aliphatic heterocycles. The highest BCUT2D eigenvalue weighted by Crippen LogP contribution is 2.25. The van der Waals surface area contributed by atoms with Crippen LogP contribution in [0.15, 0.2) is 18.2 Å². The predicted molar refractivity (Wildman–Crippen MR) is 62.2 cm³/mol. The molecule has 0 amide bonds. The molecule has 1 heterocycles. The van der Waals surface area contributed by atoms with Gasteiger partial charge in [0.25, 0.3) is 0 Å². The summed E-state index contributed by atoms with van der Waals surface area (Å²) in [6.07, 6.45) is 1.45. The summed E-state index contributed by atoms with van der Waals surface area (Å²) in [5.74, 6) is 0. The van der Waals surface area contributed by atoms with E-state index in [2.05, 4.69) is 36.6 Å². The van der Waals surface area contributed by atoms with Gasteiger partial charge in [-0.1, -0.05) is 12.1 Å². The summed E-state index contributed by atoms with van der Waals surface area (Å²) < 4.78 is 2.12. The first-order chi connectivity index (χ1) is 7.15. The maximum absolute atomic E-state index is 10.6. The van der Waals surface area contributed by atoms with Crippen molar-refractivity contribution in [2.24, 2.45) is 7.05 Å². The van der Waals surface area contributed by atoms with Gasteiger partial charge >= 0.3 is 0 Å². The van der Waals surface area contributed by atoms with Gasteiger partial charge in [-0.25, -0.2) is 0 Å². The van der Waals surface area contributed by atoms with E-state index in [1.165, 1.54) is 22.0 Å². The summed E-state index contributed by atoms with van der Waals surface area (Å²) in [6, 6.07) is 6.37. The Morgan fingerprint density at radius 3 is 2.53 bits per heavy atom.